The van der Waals surface area contributed by atoms with Gasteiger partial charge in [-0.05, 0) is 19.4 Å². The fourth-order valence-electron chi connectivity index (χ4n) is 2.57. The van der Waals surface area contributed by atoms with Crippen molar-refractivity contribution >= 4 is 35.2 Å². The maximum Gasteiger partial charge on any atom is 0.250 e. The van der Waals surface area contributed by atoms with Crippen LogP contribution >= 0.6 is 23.4 Å². The van der Waals surface area contributed by atoms with Gasteiger partial charge >= 0.3 is 0 Å². The van der Waals surface area contributed by atoms with E-state index in [9.17, 15) is 9.59 Å². The Morgan fingerprint density at radius 1 is 1.46 bits per heavy atom. The van der Waals surface area contributed by atoms with Crippen LogP contribution < -0.4 is 5.32 Å². The van der Waals surface area contributed by atoms with Crippen molar-refractivity contribution in [1.29, 1.82) is 0 Å². The van der Waals surface area contributed by atoms with Crippen molar-refractivity contribution in [3.05, 3.63) is 34.9 Å². The highest BCUT2D eigenvalue weighted by molar-refractivity contribution is 7.99. The summed E-state index contributed by atoms with van der Waals surface area (Å²) in [7, 11) is 1.47. The van der Waals surface area contributed by atoms with Gasteiger partial charge in [0.2, 0.25) is 11.8 Å². The molecule has 0 radical (unpaired) electrons. The molecule has 24 heavy (non-hydrogen) atoms. The average Bonchev–Trinajstić information content (AvgIpc) is 3.00. The van der Waals surface area contributed by atoms with E-state index < -0.39 is 6.04 Å². The fourth-order valence-corrected chi connectivity index (χ4v) is 4.36. The first-order valence-corrected chi connectivity index (χ1v) is 9.38. The molecule has 0 aliphatic carbocycles. The van der Waals surface area contributed by atoms with Crippen LogP contribution in [0.25, 0.3) is 0 Å². The van der Waals surface area contributed by atoms with Crippen LogP contribution in [0.3, 0.4) is 0 Å². The third kappa shape index (κ3) is 4.23. The molecule has 0 saturated carbocycles. The van der Waals surface area contributed by atoms with E-state index in [1.54, 1.807) is 22.7 Å². The maximum atomic E-state index is 12.6. The summed E-state index contributed by atoms with van der Waals surface area (Å²) >= 11 is 7.85. The number of nitrogens with one attached hydrogen (secondary N) is 1. The van der Waals surface area contributed by atoms with Crippen molar-refractivity contribution in [3.63, 3.8) is 0 Å². The molecule has 0 bridgehead atoms. The van der Waals surface area contributed by atoms with Gasteiger partial charge in [0.15, 0.2) is 0 Å². The van der Waals surface area contributed by atoms with Gasteiger partial charge in [-0.25, -0.2) is 0 Å². The quantitative estimate of drug-likeness (QED) is 0.836. The molecule has 0 aromatic heterocycles. The summed E-state index contributed by atoms with van der Waals surface area (Å²) < 4.78 is 5.00. The first-order valence-electron chi connectivity index (χ1n) is 7.96. The minimum absolute atomic E-state index is 0.0609. The van der Waals surface area contributed by atoms with Crippen molar-refractivity contribution in [1.82, 2.24) is 10.2 Å². The molecular weight excluding hydrogens is 348 g/mol. The summed E-state index contributed by atoms with van der Waals surface area (Å²) in [5.41, 5.74) is 0.840. The molecule has 1 heterocycles. The average molecular weight is 371 g/mol. The van der Waals surface area contributed by atoms with Crippen LogP contribution in [-0.4, -0.2) is 48.3 Å². The highest BCUT2D eigenvalue weighted by atomic mass is 35.5. The van der Waals surface area contributed by atoms with Crippen LogP contribution in [0.1, 0.15) is 31.2 Å². The molecule has 5 nitrogen and oxygen atoms in total. The molecule has 132 valence electrons. The lowest BCUT2D eigenvalue weighted by atomic mass is 10.1. The molecule has 1 N–H and O–H groups in total. The van der Waals surface area contributed by atoms with Gasteiger partial charge in [0.1, 0.15) is 18.0 Å². The highest BCUT2D eigenvalue weighted by Crippen LogP contribution is 2.43. The standard InChI is InChI=1S/C17H23ClN2O3S/c1-4-11(2)19-16(22)14-10-24-17(20(14)15(21)9-23-3)12-7-5-6-8-13(12)18/h5-8,11,14,17H,4,9-10H2,1-3H3,(H,19,22)/t11-,14-,17-/m1/s1. The van der Waals surface area contributed by atoms with E-state index in [-0.39, 0.29) is 29.8 Å². The monoisotopic (exact) mass is 370 g/mol. The zero-order chi connectivity index (χ0) is 17.7. The number of ether oxygens (including phenoxy) is 1. The largest absolute Gasteiger partial charge is 0.375 e. The summed E-state index contributed by atoms with van der Waals surface area (Å²) in [5, 5.41) is 3.27. The van der Waals surface area contributed by atoms with Crippen LogP contribution in [0.5, 0.6) is 0 Å². The summed E-state index contributed by atoms with van der Waals surface area (Å²) in [6, 6.07) is 6.97. The SMILES string of the molecule is CC[C@@H](C)NC(=O)[C@H]1CS[C@H](c2ccccc2Cl)N1C(=O)COC. The Morgan fingerprint density at radius 3 is 2.79 bits per heavy atom. The van der Waals surface area contributed by atoms with Gasteiger partial charge in [0.25, 0.3) is 0 Å². The summed E-state index contributed by atoms with van der Waals surface area (Å²) in [6.07, 6.45) is 0.839. The lowest BCUT2D eigenvalue weighted by Gasteiger charge is -2.30. The molecule has 7 heteroatoms. The zero-order valence-corrected chi connectivity index (χ0v) is 15.7. The molecule has 0 spiro atoms. The molecule has 2 rings (SSSR count). The lowest BCUT2D eigenvalue weighted by Crippen LogP contribution is -2.50. The number of rotatable bonds is 6. The molecule has 1 aliphatic rings. The number of methoxy groups -OCH3 is 1. The van der Waals surface area contributed by atoms with Crippen LogP contribution in [0.2, 0.25) is 5.02 Å². The van der Waals surface area contributed by atoms with Crippen LogP contribution in [0, 0.1) is 0 Å². The van der Waals surface area contributed by atoms with Gasteiger partial charge in [0.05, 0.1) is 0 Å². The molecular formula is C17H23ClN2O3S. The van der Waals surface area contributed by atoms with E-state index in [0.29, 0.717) is 10.8 Å². The van der Waals surface area contributed by atoms with Crippen molar-refractivity contribution < 1.29 is 14.3 Å². The van der Waals surface area contributed by atoms with Gasteiger partial charge in [-0.3, -0.25) is 9.59 Å². The number of carbonyl (C=O) groups is 2. The molecule has 1 aliphatic heterocycles. The molecule has 1 saturated heterocycles. The van der Waals surface area contributed by atoms with Crippen LogP contribution in [0.15, 0.2) is 24.3 Å². The summed E-state index contributed by atoms with van der Waals surface area (Å²) in [5.74, 6) is 0.195. The van der Waals surface area contributed by atoms with Crippen molar-refractivity contribution in [2.24, 2.45) is 0 Å². The number of hydrogen-bond acceptors (Lipinski definition) is 4. The Bertz CT molecular complexity index is 599. The van der Waals surface area contributed by atoms with E-state index >= 15 is 0 Å². The van der Waals surface area contributed by atoms with E-state index in [4.69, 9.17) is 16.3 Å². The topological polar surface area (TPSA) is 58.6 Å². The van der Waals surface area contributed by atoms with Gasteiger partial charge in [0, 0.05) is 29.5 Å². The second kappa shape index (κ2) is 8.74. The van der Waals surface area contributed by atoms with Gasteiger partial charge < -0.3 is 15.0 Å². The Kier molecular flexibility index (Phi) is 6.95. The van der Waals surface area contributed by atoms with Gasteiger partial charge in [-0.15, -0.1) is 11.8 Å². The van der Waals surface area contributed by atoms with Crippen molar-refractivity contribution in [2.45, 2.75) is 37.7 Å². The second-order valence-corrected chi connectivity index (χ2v) is 7.30. The Morgan fingerprint density at radius 2 is 2.17 bits per heavy atom. The molecule has 1 fully saturated rings. The Hall–Kier alpha value is -1.24. The molecule has 2 amide bonds. The third-order valence-corrected chi connectivity index (χ3v) is 5.68. The van der Waals surface area contributed by atoms with E-state index in [2.05, 4.69) is 5.32 Å². The van der Waals surface area contributed by atoms with E-state index in [1.807, 2.05) is 32.0 Å². The fraction of sp³-hybridized carbons (Fsp3) is 0.529. The van der Waals surface area contributed by atoms with E-state index in [0.717, 1.165) is 12.0 Å². The van der Waals surface area contributed by atoms with Gasteiger partial charge in [-0.2, -0.15) is 0 Å². The predicted octanol–water partition coefficient (Wildman–Crippen LogP) is 2.84. The highest BCUT2D eigenvalue weighted by Gasteiger charge is 2.42. The lowest BCUT2D eigenvalue weighted by molar-refractivity contribution is -0.143. The Balaban J connectivity index is 2.28. The maximum absolute atomic E-state index is 12.6. The first-order chi connectivity index (χ1) is 11.5. The van der Waals surface area contributed by atoms with Crippen LogP contribution in [-0.2, 0) is 14.3 Å². The number of carbonyl (C=O) groups excluding carboxylic acids is 2. The molecule has 0 unspecified atom stereocenters. The predicted molar refractivity (Wildman–Crippen MR) is 97.1 cm³/mol. The summed E-state index contributed by atoms with van der Waals surface area (Å²) in [4.78, 5) is 26.8. The zero-order valence-electron chi connectivity index (χ0n) is 14.1. The second-order valence-electron chi connectivity index (χ2n) is 5.77. The van der Waals surface area contributed by atoms with Crippen molar-refractivity contribution in [3.8, 4) is 0 Å². The number of nitrogens with zero attached hydrogens (tertiary/aromatic N) is 1. The molecule has 1 aromatic rings. The number of thioether (sulfide) groups is 1. The smallest absolute Gasteiger partial charge is 0.250 e. The van der Waals surface area contributed by atoms with Crippen LogP contribution in [0.4, 0.5) is 0 Å². The third-order valence-electron chi connectivity index (χ3n) is 4.03. The first kappa shape index (κ1) is 19.1. The number of hydrogen-bond donors (Lipinski definition) is 1. The van der Waals surface area contributed by atoms with Gasteiger partial charge in [-0.1, -0.05) is 36.7 Å². The normalized spacial score (nSPS) is 21.6. The van der Waals surface area contributed by atoms with E-state index in [1.165, 1.54) is 7.11 Å². The molecule has 3 atom stereocenters. The number of benzene rings is 1. The summed E-state index contributed by atoms with van der Waals surface area (Å²) in [6.45, 7) is 3.90. The molecule has 1 aromatic carbocycles. The minimum Gasteiger partial charge on any atom is -0.375 e. The number of amides is 2. The Labute approximate surface area is 152 Å². The minimum atomic E-state index is -0.520. The number of halogens is 1. The van der Waals surface area contributed by atoms with Crippen molar-refractivity contribution in [2.75, 3.05) is 19.5 Å².